The Morgan fingerprint density at radius 1 is 1.00 bits per heavy atom. The Hall–Kier alpha value is -3.00. The van der Waals surface area contributed by atoms with Crippen LogP contribution in [0.3, 0.4) is 0 Å². The fourth-order valence-corrected chi connectivity index (χ4v) is 2.38. The Labute approximate surface area is 157 Å². The Balaban J connectivity index is 2.43. The molecule has 0 heterocycles. The lowest BCUT2D eigenvalue weighted by Crippen LogP contribution is -1.99. The SMILES string of the molecule is C=Cc1ccc(/C(=C/C)N=C(N=C/C=C/CC)c2ccc(C)cc2)cc1. The fourth-order valence-electron chi connectivity index (χ4n) is 2.38. The second-order valence-corrected chi connectivity index (χ2v) is 5.92. The van der Waals surface area contributed by atoms with Gasteiger partial charge in [0.25, 0.3) is 0 Å². The first kappa shape index (κ1) is 19.3. The summed E-state index contributed by atoms with van der Waals surface area (Å²) in [5.74, 6) is 0.701. The van der Waals surface area contributed by atoms with Crippen LogP contribution < -0.4 is 0 Å². The van der Waals surface area contributed by atoms with Gasteiger partial charge in [0.2, 0.25) is 0 Å². The van der Waals surface area contributed by atoms with Crippen molar-refractivity contribution in [3.63, 3.8) is 0 Å². The van der Waals surface area contributed by atoms with Crippen LogP contribution in [-0.2, 0) is 0 Å². The number of hydrogen-bond acceptors (Lipinski definition) is 1. The number of hydrogen-bond donors (Lipinski definition) is 0. The predicted molar refractivity (Wildman–Crippen MR) is 116 cm³/mol. The van der Waals surface area contributed by atoms with Crippen molar-refractivity contribution in [1.82, 2.24) is 0 Å². The lowest BCUT2D eigenvalue weighted by Gasteiger charge is -2.06. The second-order valence-electron chi connectivity index (χ2n) is 5.92. The van der Waals surface area contributed by atoms with E-state index >= 15 is 0 Å². The number of benzene rings is 2. The molecule has 0 radical (unpaired) electrons. The van der Waals surface area contributed by atoms with Gasteiger partial charge in [0.05, 0.1) is 5.70 Å². The minimum absolute atomic E-state index is 0.701. The van der Waals surface area contributed by atoms with Gasteiger partial charge in [-0.3, -0.25) is 0 Å². The van der Waals surface area contributed by atoms with Crippen LogP contribution in [0.4, 0.5) is 0 Å². The molecule has 0 saturated heterocycles. The fraction of sp³-hybridized carbons (Fsp3) is 0.167. The predicted octanol–water partition coefficient (Wildman–Crippen LogP) is 6.48. The highest BCUT2D eigenvalue weighted by Crippen LogP contribution is 2.19. The van der Waals surface area contributed by atoms with Gasteiger partial charge < -0.3 is 0 Å². The first-order valence-corrected chi connectivity index (χ1v) is 8.92. The second kappa shape index (κ2) is 10.1. The molecular formula is C24H26N2. The Bertz CT molecular complexity index is 833. The van der Waals surface area contributed by atoms with Crippen molar-refractivity contribution in [2.24, 2.45) is 9.98 Å². The molecule has 0 bridgehead atoms. The van der Waals surface area contributed by atoms with Gasteiger partial charge in [-0.2, -0.15) is 0 Å². The Kier molecular flexibility index (Phi) is 7.50. The number of aryl methyl sites for hydroxylation is 1. The molecule has 26 heavy (non-hydrogen) atoms. The van der Waals surface area contributed by atoms with E-state index in [0.29, 0.717) is 5.84 Å². The van der Waals surface area contributed by atoms with Gasteiger partial charge >= 0.3 is 0 Å². The average molecular weight is 342 g/mol. The molecular weight excluding hydrogens is 316 g/mol. The van der Waals surface area contributed by atoms with Crippen molar-refractivity contribution in [2.75, 3.05) is 0 Å². The maximum atomic E-state index is 4.84. The molecule has 2 aromatic rings. The molecule has 0 amide bonds. The monoisotopic (exact) mass is 342 g/mol. The third-order valence-corrected chi connectivity index (χ3v) is 3.91. The van der Waals surface area contributed by atoms with E-state index in [2.05, 4.69) is 67.9 Å². The molecule has 2 aromatic carbocycles. The Morgan fingerprint density at radius 3 is 2.23 bits per heavy atom. The average Bonchev–Trinajstić information content (AvgIpc) is 2.68. The summed E-state index contributed by atoms with van der Waals surface area (Å²) in [6, 6.07) is 16.5. The highest BCUT2D eigenvalue weighted by molar-refractivity contribution is 6.06. The van der Waals surface area contributed by atoms with E-state index < -0.39 is 0 Å². The normalized spacial score (nSPS) is 12.9. The van der Waals surface area contributed by atoms with Crippen LogP contribution in [0.15, 0.2) is 83.3 Å². The van der Waals surface area contributed by atoms with Gasteiger partial charge in [0.15, 0.2) is 5.84 Å². The number of aliphatic imine (C=N–C) groups is 2. The molecule has 0 unspecified atom stereocenters. The standard InChI is InChI=1S/C24H26N2/c1-5-8-9-18-25-24(22-14-10-19(4)11-15-22)26-23(7-3)21-16-12-20(6-2)13-17-21/h6-18H,2,5H2,1,3-4H3/b9-8+,23-7-,25-18?,26-24?. The zero-order chi connectivity index (χ0) is 18.8. The van der Waals surface area contributed by atoms with E-state index in [0.717, 1.165) is 28.8 Å². The molecule has 0 spiro atoms. The van der Waals surface area contributed by atoms with Gasteiger partial charge in [0.1, 0.15) is 0 Å². The summed E-state index contributed by atoms with van der Waals surface area (Å²) in [7, 11) is 0. The van der Waals surface area contributed by atoms with Crippen molar-refractivity contribution in [2.45, 2.75) is 27.2 Å². The molecule has 0 fully saturated rings. The van der Waals surface area contributed by atoms with Crippen LogP contribution in [0.2, 0.25) is 0 Å². The largest absolute Gasteiger partial charge is 0.237 e. The lowest BCUT2D eigenvalue weighted by atomic mass is 10.1. The molecule has 0 aliphatic rings. The highest BCUT2D eigenvalue weighted by atomic mass is 14.9. The van der Waals surface area contributed by atoms with Gasteiger partial charge in [-0.1, -0.05) is 85.8 Å². The van der Waals surface area contributed by atoms with E-state index in [1.807, 2.05) is 37.3 Å². The summed E-state index contributed by atoms with van der Waals surface area (Å²) >= 11 is 0. The van der Waals surface area contributed by atoms with Gasteiger partial charge in [-0.25, -0.2) is 9.98 Å². The summed E-state index contributed by atoms with van der Waals surface area (Å²) in [5.41, 5.74) is 5.26. The smallest absolute Gasteiger partial charge is 0.159 e. The maximum absolute atomic E-state index is 4.84. The summed E-state index contributed by atoms with van der Waals surface area (Å²) in [4.78, 5) is 9.43. The molecule has 0 atom stereocenters. The van der Waals surface area contributed by atoms with Crippen molar-refractivity contribution in [3.05, 3.63) is 95.6 Å². The van der Waals surface area contributed by atoms with E-state index in [4.69, 9.17) is 4.99 Å². The van der Waals surface area contributed by atoms with Crippen LogP contribution in [0.25, 0.3) is 11.8 Å². The first-order valence-electron chi connectivity index (χ1n) is 8.92. The minimum Gasteiger partial charge on any atom is -0.237 e. The van der Waals surface area contributed by atoms with Crippen LogP contribution in [0, 0.1) is 6.92 Å². The third-order valence-electron chi connectivity index (χ3n) is 3.91. The number of rotatable bonds is 6. The first-order chi connectivity index (χ1) is 12.7. The molecule has 132 valence electrons. The molecule has 0 saturated carbocycles. The topological polar surface area (TPSA) is 24.7 Å². The summed E-state index contributed by atoms with van der Waals surface area (Å²) in [6.07, 6.45) is 10.7. The van der Waals surface area contributed by atoms with E-state index in [1.54, 1.807) is 6.21 Å². The van der Waals surface area contributed by atoms with Crippen molar-refractivity contribution >= 4 is 23.8 Å². The zero-order valence-electron chi connectivity index (χ0n) is 15.8. The zero-order valence-corrected chi connectivity index (χ0v) is 15.8. The highest BCUT2D eigenvalue weighted by Gasteiger charge is 2.05. The maximum Gasteiger partial charge on any atom is 0.159 e. The minimum atomic E-state index is 0.701. The van der Waals surface area contributed by atoms with Gasteiger partial charge in [0, 0.05) is 11.8 Å². The third kappa shape index (κ3) is 5.52. The van der Waals surface area contributed by atoms with Crippen LogP contribution in [0.5, 0.6) is 0 Å². The molecule has 2 rings (SSSR count). The van der Waals surface area contributed by atoms with Crippen LogP contribution >= 0.6 is 0 Å². The number of nitrogens with zero attached hydrogens (tertiary/aromatic N) is 2. The Morgan fingerprint density at radius 2 is 1.65 bits per heavy atom. The molecule has 2 heteroatoms. The van der Waals surface area contributed by atoms with E-state index in [-0.39, 0.29) is 0 Å². The molecule has 2 nitrogen and oxygen atoms in total. The van der Waals surface area contributed by atoms with E-state index in [9.17, 15) is 0 Å². The summed E-state index contributed by atoms with van der Waals surface area (Å²) in [5, 5.41) is 0. The number of amidine groups is 1. The summed E-state index contributed by atoms with van der Waals surface area (Å²) in [6.45, 7) is 9.97. The van der Waals surface area contributed by atoms with E-state index in [1.165, 1.54) is 5.56 Å². The molecule has 0 aromatic heterocycles. The van der Waals surface area contributed by atoms with Crippen molar-refractivity contribution < 1.29 is 0 Å². The summed E-state index contributed by atoms with van der Waals surface area (Å²) < 4.78 is 0. The molecule has 0 aliphatic heterocycles. The van der Waals surface area contributed by atoms with Gasteiger partial charge in [-0.05, 0) is 37.5 Å². The van der Waals surface area contributed by atoms with Crippen LogP contribution in [0.1, 0.15) is 42.5 Å². The van der Waals surface area contributed by atoms with Crippen molar-refractivity contribution in [1.29, 1.82) is 0 Å². The molecule has 0 aliphatic carbocycles. The lowest BCUT2D eigenvalue weighted by molar-refractivity contribution is 1.23. The van der Waals surface area contributed by atoms with Crippen LogP contribution in [-0.4, -0.2) is 12.1 Å². The quantitative estimate of drug-likeness (QED) is 0.424. The van der Waals surface area contributed by atoms with Crippen molar-refractivity contribution in [3.8, 4) is 0 Å². The van der Waals surface area contributed by atoms with Gasteiger partial charge in [-0.15, -0.1) is 0 Å². The number of allylic oxidation sites excluding steroid dienone is 3. The molecule has 0 N–H and O–H groups in total.